The molecular formula is C18H17NO6. The maximum Gasteiger partial charge on any atom is 0.340 e. The first-order valence-corrected chi connectivity index (χ1v) is 7.56. The van der Waals surface area contributed by atoms with Crippen LogP contribution in [0.2, 0.25) is 0 Å². The maximum atomic E-state index is 12.4. The third-order valence-electron chi connectivity index (χ3n) is 4.00. The number of carbonyl (C=O) groups is 2. The minimum absolute atomic E-state index is 0.0660. The highest BCUT2D eigenvalue weighted by molar-refractivity contribution is 6.08. The fraction of sp³-hybridized carbons (Fsp3) is 0.278. The van der Waals surface area contributed by atoms with Gasteiger partial charge >= 0.3 is 11.9 Å². The quantitative estimate of drug-likeness (QED) is 0.792. The van der Waals surface area contributed by atoms with Crippen molar-refractivity contribution < 1.29 is 28.5 Å². The van der Waals surface area contributed by atoms with Crippen LogP contribution in [0.5, 0.6) is 11.5 Å². The highest BCUT2D eigenvalue weighted by atomic mass is 16.7. The molecule has 0 bridgehead atoms. The Morgan fingerprint density at radius 3 is 2.16 bits per heavy atom. The smallest absolute Gasteiger partial charge is 0.340 e. The Morgan fingerprint density at radius 2 is 1.60 bits per heavy atom. The van der Waals surface area contributed by atoms with E-state index in [4.69, 9.17) is 18.9 Å². The average Bonchev–Trinajstić information content (AvgIpc) is 3.08. The first kappa shape index (κ1) is 16.8. The van der Waals surface area contributed by atoms with E-state index in [0.29, 0.717) is 34.0 Å². The molecule has 0 N–H and O–H groups in total. The van der Waals surface area contributed by atoms with Gasteiger partial charge in [0.15, 0.2) is 11.5 Å². The minimum atomic E-state index is -0.596. The molecule has 1 aromatic heterocycles. The maximum absolute atomic E-state index is 12.4. The molecular weight excluding hydrogens is 326 g/mol. The number of para-hydroxylation sites is 1. The second-order valence-corrected chi connectivity index (χ2v) is 5.43. The summed E-state index contributed by atoms with van der Waals surface area (Å²) in [7, 11) is 2.55. The van der Waals surface area contributed by atoms with Gasteiger partial charge in [-0.3, -0.25) is 4.98 Å². The minimum Gasteiger partial charge on any atom is -0.465 e. The molecule has 0 aliphatic carbocycles. The lowest BCUT2D eigenvalue weighted by Crippen LogP contribution is -2.16. The number of hydrogen-bond donors (Lipinski definition) is 0. The third kappa shape index (κ3) is 2.67. The van der Waals surface area contributed by atoms with Gasteiger partial charge in [-0.1, -0.05) is 12.1 Å². The summed E-state index contributed by atoms with van der Waals surface area (Å²) >= 11 is 0. The van der Waals surface area contributed by atoms with Gasteiger partial charge in [0.1, 0.15) is 0 Å². The predicted molar refractivity (Wildman–Crippen MR) is 87.9 cm³/mol. The summed E-state index contributed by atoms with van der Waals surface area (Å²) in [6.07, 6.45) is 0. The number of carbonyl (C=O) groups excluding carboxylic acids is 2. The number of aryl methyl sites for hydroxylation is 2. The van der Waals surface area contributed by atoms with Crippen molar-refractivity contribution >= 4 is 11.9 Å². The molecule has 3 rings (SSSR count). The van der Waals surface area contributed by atoms with Gasteiger partial charge in [-0.2, -0.15) is 0 Å². The first-order chi connectivity index (χ1) is 12.0. The number of pyridine rings is 1. The van der Waals surface area contributed by atoms with Gasteiger partial charge in [0.05, 0.1) is 36.7 Å². The average molecular weight is 343 g/mol. The molecule has 2 aromatic rings. The fourth-order valence-electron chi connectivity index (χ4n) is 2.95. The van der Waals surface area contributed by atoms with E-state index in [1.807, 2.05) is 0 Å². The van der Waals surface area contributed by atoms with Crippen LogP contribution in [-0.2, 0) is 9.47 Å². The van der Waals surface area contributed by atoms with E-state index in [2.05, 4.69) is 4.98 Å². The van der Waals surface area contributed by atoms with Crippen molar-refractivity contribution in [2.24, 2.45) is 0 Å². The summed E-state index contributed by atoms with van der Waals surface area (Å²) in [5.74, 6) is -0.192. The van der Waals surface area contributed by atoms with Crippen molar-refractivity contribution in [3.63, 3.8) is 0 Å². The SMILES string of the molecule is COC(=O)c1c(C)nc(C)c(C(=O)OC)c1-c1cccc2c1OCO2. The summed E-state index contributed by atoms with van der Waals surface area (Å²) in [5, 5.41) is 0. The molecule has 0 amide bonds. The molecule has 1 aliphatic heterocycles. The summed E-state index contributed by atoms with van der Waals surface area (Å²) < 4.78 is 20.8. The summed E-state index contributed by atoms with van der Waals surface area (Å²) in [5.41, 5.74) is 2.19. The van der Waals surface area contributed by atoms with Crippen LogP contribution >= 0.6 is 0 Å². The number of benzene rings is 1. The van der Waals surface area contributed by atoms with Crippen molar-refractivity contribution in [2.45, 2.75) is 13.8 Å². The normalized spacial score (nSPS) is 12.0. The molecule has 0 saturated carbocycles. The zero-order chi connectivity index (χ0) is 18.1. The number of ether oxygens (including phenoxy) is 4. The number of methoxy groups -OCH3 is 2. The molecule has 130 valence electrons. The van der Waals surface area contributed by atoms with Crippen LogP contribution in [0.15, 0.2) is 18.2 Å². The molecule has 1 aromatic carbocycles. The van der Waals surface area contributed by atoms with Crippen LogP contribution < -0.4 is 9.47 Å². The second-order valence-electron chi connectivity index (χ2n) is 5.43. The van der Waals surface area contributed by atoms with Crippen molar-refractivity contribution in [1.29, 1.82) is 0 Å². The molecule has 1 aliphatic rings. The van der Waals surface area contributed by atoms with Gasteiger partial charge in [-0.25, -0.2) is 9.59 Å². The molecule has 0 spiro atoms. The Labute approximate surface area is 144 Å². The molecule has 0 saturated heterocycles. The molecule has 0 unspecified atom stereocenters. The molecule has 2 heterocycles. The lowest BCUT2D eigenvalue weighted by molar-refractivity contribution is 0.0599. The van der Waals surface area contributed by atoms with Crippen LogP contribution in [0.1, 0.15) is 32.1 Å². The number of aromatic nitrogens is 1. The number of nitrogens with zero attached hydrogens (tertiary/aromatic N) is 1. The van der Waals surface area contributed by atoms with E-state index in [1.54, 1.807) is 32.0 Å². The lowest BCUT2D eigenvalue weighted by Gasteiger charge is -2.17. The fourth-order valence-corrected chi connectivity index (χ4v) is 2.95. The Bertz CT molecular complexity index is 834. The number of hydrogen-bond acceptors (Lipinski definition) is 7. The number of fused-ring (bicyclic) bond motifs is 1. The van der Waals surface area contributed by atoms with E-state index < -0.39 is 11.9 Å². The van der Waals surface area contributed by atoms with E-state index in [0.717, 1.165) is 0 Å². The monoisotopic (exact) mass is 343 g/mol. The topological polar surface area (TPSA) is 84.0 Å². The van der Waals surface area contributed by atoms with Crippen LogP contribution in [0.4, 0.5) is 0 Å². The summed E-state index contributed by atoms with van der Waals surface area (Å²) in [4.78, 5) is 29.2. The van der Waals surface area contributed by atoms with Gasteiger partial charge in [-0.05, 0) is 19.9 Å². The van der Waals surface area contributed by atoms with E-state index >= 15 is 0 Å². The molecule has 0 atom stereocenters. The zero-order valence-corrected chi connectivity index (χ0v) is 14.3. The Balaban J connectivity index is 2.43. The molecule has 0 fully saturated rings. The lowest BCUT2D eigenvalue weighted by atomic mass is 9.91. The molecule has 25 heavy (non-hydrogen) atoms. The molecule has 7 heteroatoms. The van der Waals surface area contributed by atoms with E-state index in [1.165, 1.54) is 14.2 Å². The molecule has 0 radical (unpaired) electrons. The highest BCUT2D eigenvalue weighted by Crippen LogP contribution is 2.44. The van der Waals surface area contributed by atoms with Crippen molar-refractivity contribution in [2.75, 3.05) is 21.0 Å². The van der Waals surface area contributed by atoms with Crippen LogP contribution in [0, 0.1) is 13.8 Å². The summed E-state index contributed by atoms with van der Waals surface area (Å²) in [6, 6.07) is 5.26. The number of esters is 2. The van der Waals surface area contributed by atoms with Crippen LogP contribution in [0.3, 0.4) is 0 Å². The van der Waals surface area contributed by atoms with Crippen molar-refractivity contribution in [3.8, 4) is 22.6 Å². The first-order valence-electron chi connectivity index (χ1n) is 7.56. The van der Waals surface area contributed by atoms with Crippen molar-refractivity contribution in [3.05, 3.63) is 40.7 Å². The largest absolute Gasteiger partial charge is 0.465 e. The van der Waals surface area contributed by atoms with Gasteiger partial charge < -0.3 is 18.9 Å². The van der Waals surface area contributed by atoms with Crippen LogP contribution in [-0.4, -0.2) is 37.9 Å². The van der Waals surface area contributed by atoms with Gasteiger partial charge in [0.2, 0.25) is 6.79 Å². The Kier molecular flexibility index (Phi) is 4.31. The van der Waals surface area contributed by atoms with E-state index in [9.17, 15) is 9.59 Å². The highest BCUT2D eigenvalue weighted by Gasteiger charge is 2.30. The van der Waals surface area contributed by atoms with Crippen molar-refractivity contribution in [1.82, 2.24) is 4.98 Å². The Morgan fingerprint density at radius 1 is 1.00 bits per heavy atom. The second kappa shape index (κ2) is 6.43. The predicted octanol–water partition coefficient (Wildman–Crippen LogP) is 2.67. The van der Waals surface area contributed by atoms with Crippen LogP contribution in [0.25, 0.3) is 11.1 Å². The standard InChI is InChI=1S/C18H17NO6/c1-9-13(17(20)22-3)15(14(10(2)19-9)18(21)23-4)11-6-5-7-12-16(11)25-8-24-12/h5-7H,8H2,1-4H3. The van der Waals surface area contributed by atoms with E-state index in [-0.39, 0.29) is 17.9 Å². The van der Waals surface area contributed by atoms with Gasteiger partial charge in [-0.15, -0.1) is 0 Å². The Hall–Kier alpha value is -3.09. The summed E-state index contributed by atoms with van der Waals surface area (Å²) in [6.45, 7) is 3.44. The van der Waals surface area contributed by atoms with Gasteiger partial charge in [0, 0.05) is 11.1 Å². The third-order valence-corrected chi connectivity index (χ3v) is 4.00. The molecule has 7 nitrogen and oxygen atoms in total. The zero-order valence-electron chi connectivity index (χ0n) is 14.3. The van der Waals surface area contributed by atoms with Gasteiger partial charge in [0.25, 0.3) is 0 Å². The number of rotatable bonds is 3.